The summed E-state index contributed by atoms with van der Waals surface area (Å²) >= 11 is 1.81. The second-order valence-corrected chi connectivity index (χ2v) is 6.76. The molecule has 1 aromatic rings. The summed E-state index contributed by atoms with van der Waals surface area (Å²) in [6.07, 6.45) is 1.24. The molecule has 1 aliphatic rings. The molecule has 3 nitrogen and oxygen atoms in total. The van der Waals surface area contributed by atoms with Crippen molar-refractivity contribution in [2.24, 2.45) is 10.4 Å². The summed E-state index contributed by atoms with van der Waals surface area (Å²) in [4.78, 5) is 8.16. The van der Waals surface area contributed by atoms with Gasteiger partial charge in [-0.15, -0.1) is 35.3 Å². The van der Waals surface area contributed by atoms with Crippen molar-refractivity contribution in [3.8, 4) is 0 Å². The highest BCUT2D eigenvalue weighted by Gasteiger charge is 2.30. The van der Waals surface area contributed by atoms with E-state index in [1.807, 2.05) is 18.4 Å². The monoisotopic (exact) mass is 393 g/mol. The Kier molecular flexibility index (Phi) is 6.11. The standard InChI is InChI=1S/C14H23N3S.HI/c1-11-5-8-18-12(11)9-16-13(15-4)17-7-6-14(2,3)10-17;/h5,8H,6-7,9-10H2,1-4H3,(H,15,16);1H. The molecule has 1 saturated heterocycles. The van der Waals surface area contributed by atoms with Crippen molar-refractivity contribution in [2.75, 3.05) is 20.1 Å². The third-order valence-electron chi connectivity index (χ3n) is 3.56. The van der Waals surface area contributed by atoms with Gasteiger partial charge in [0, 0.05) is 25.0 Å². The summed E-state index contributed by atoms with van der Waals surface area (Å²) in [7, 11) is 1.87. The first kappa shape index (κ1) is 16.8. The lowest BCUT2D eigenvalue weighted by atomic mass is 9.93. The van der Waals surface area contributed by atoms with E-state index >= 15 is 0 Å². The summed E-state index contributed by atoms with van der Waals surface area (Å²) in [6, 6.07) is 2.17. The Morgan fingerprint density at radius 3 is 2.74 bits per heavy atom. The lowest BCUT2D eigenvalue weighted by Gasteiger charge is -2.23. The predicted molar refractivity (Wildman–Crippen MR) is 94.6 cm³/mol. The zero-order valence-electron chi connectivity index (χ0n) is 12.2. The van der Waals surface area contributed by atoms with Gasteiger partial charge in [-0.05, 0) is 35.8 Å². The van der Waals surface area contributed by atoms with Crippen LogP contribution in [-0.4, -0.2) is 31.0 Å². The summed E-state index contributed by atoms with van der Waals surface area (Å²) in [5.74, 6) is 1.04. The molecule has 1 N–H and O–H groups in total. The number of rotatable bonds is 2. The quantitative estimate of drug-likeness (QED) is 0.473. The van der Waals surface area contributed by atoms with Crippen LogP contribution in [0.4, 0.5) is 0 Å². The minimum absolute atomic E-state index is 0. The van der Waals surface area contributed by atoms with E-state index in [0.717, 1.165) is 25.6 Å². The Hall–Kier alpha value is -0.300. The van der Waals surface area contributed by atoms with Gasteiger partial charge in [-0.25, -0.2) is 0 Å². The van der Waals surface area contributed by atoms with Gasteiger partial charge < -0.3 is 10.2 Å². The third kappa shape index (κ3) is 4.34. The second kappa shape index (κ2) is 6.92. The van der Waals surface area contributed by atoms with Crippen LogP contribution in [0.5, 0.6) is 0 Å². The minimum atomic E-state index is 0. The molecule has 0 aliphatic carbocycles. The van der Waals surface area contributed by atoms with Crippen molar-refractivity contribution in [3.63, 3.8) is 0 Å². The van der Waals surface area contributed by atoms with Crippen LogP contribution in [0.25, 0.3) is 0 Å². The number of halogens is 1. The number of aryl methyl sites for hydroxylation is 1. The highest BCUT2D eigenvalue weighted by Crippen LogP contribution is 2.28. The van der Waals surface area contributed by atoms with Crippen LogP contribution in [0, 0.1) is 12.3 Å². The maximum absolute atomic E-state index is 4.40. The number of hydrogen-bond donors (Lipinski definition) is 1. The van der Waals surface area contributed by atoms with Gasteiger partial charge in [0.2, 0.25) is 0 Å². The Morgan fingerprint density at radius 2 is 2.26 bits per heavy atom. The predicted octanol–water partition coefficient (Wildman–Crippen LogP) is 3.48. The molecule has 1 aliphatic heterocycles. The molecule has 0 aromatic carbocycles. The van der Waals surface area contributed by atoms with E-state index in [9.17, 15) is 0 Å². The molecule has 0 unspecified atom stereocenters. The first-order valence-electron chi connectivity index (χ1n) is 6.50. The zero-order valence-corrected chi connectivity index (χ0v) is 15.3. The van der Waals surface area contributed by atoms with Crippen molar-refractivity contribution in [1.29, 1.82) is 0 Å². The summed E-state index contributed by atoms with van der Waals surface area (Å²) in [6.45, 7) is 9.89. The van der Waals surface area contributed by atoms with Gasteiger partial charge in [0.25, 0.3) is 0 Å². The Morgan fingerprint density at radius 1 is 1.53 bits per heavy atom. The van der Waals surface area contributed by atoms with Gasteiger partial charge in [0.1, 0.15) is 0 Å². The molecule has 2 heterocycles. The van der Waals surface area contributed by atoms with Crippen LogP contribution in [0.3, 0.4) is 0 Å². The first-order valence-corrected chi connectivity index (χ1v) is 7.38. The molecule has 108 valence electrons. The molecule has 0 atom stereocenters. The van der Waals surface area contributed by atoms with Gasteiger partial charge in [0.05, 0.1) is 6.54 Å². The van der Waals surface area contributed by atoms with Crippen molar-refractivity contribution >= 4 is 41.3 Å². The van der Waals surface area contributed by atoms with Gasteiger partial charge in [-0.2, -0.15) is 0 Å². The van der Waals surface area contributed by atoms with Gasteiger partial charge in [-0.3, -0.25) is 4.99 Å². The van der Waals surface area contributed by atoms with Crippen molar-refractivity contribution in [1.82, 2.24) is 10.2 Å². The Labute approximate surface area is 137 Å². The summed E-state index contributed by atoms with van der Waals surface area (Å²) in [5, 5.41) is 5.63. The fraction of sp³-hybridized carbons (Fsp3) is 0.643. The number of likely N-dealkylation sites (tertiary alicyclic amines) is 1. The highest BCUT2D eigenvalue weighted by molar-refractivity contribution is 14.0. The van der Waals surface area contributed by atoms with Crippen LogP contribution < -0.4 is 5.32 Å². The molecule has 0 bridgehead atoms. The Balaban J connectivity index is 0.00000180. The molecule has 2 rings (SSSR count). The van der Waals surface area contributed by atoms with E-state index in [0.29, 0.717) is 5.41 Å². The molecule has 1 fully saturated rings. The summed E-state index contributed by atoms with van der Waals surface area (Å²) < 4.78 is 0. The highest BCUT2D eigenvalue weighted by atomic mass is 127. The largest absolute Gasteiger partial charge is 0.351 e. The van der Waals surface area contributed by atoms with Crippen LogP contribution in [-0.2, 0) is 6.54 Å². The second-order valence-electron chi connectivity index (χ2n) is 5.76. The minimum Gasteiger partial charge on any atom is -0.351 e. The molecule has 0 spiro atoms. The van der Waals surface area contributed by atoms with Crippen molar-refractivity contribution in [3.05, 3.63) is 21.9 Å². The van der Waals surface area contributed by atoms with E-state index in [1.54, 1.807) is 0 Å². The van der Waals surface area contributed by atoms with Crippen LogP contribution >= 0.6 is 35.3 Å². The van der Waals surface area contributed by atoms with E-state index < -0.39 is 0 Å². The average Bonchev–Trinajstić information content (AvgIpc) is 2.87. The first-order chi connectivity index (χ1) is 8.52. The van der Waals surface area contributed by atoms with Crippen molar-refractivity contribution in [2.45, 2.75) is 33.7 Å². The number of nitrogens with zero attached hydrogens (tertiary/aromatic N) is 2. The number of thiophene rings is 1. The molecule has 5 heteroatoms. The van der Waals surface area contributed by atoms with Gasteiger partial charge in [-0.1, -0.05) is 13.8 Å². The average molecular weight is 393 g/mol. The number of hydrogen-bond acceptors (Lipinski definition) is 2. The van der Waals surface area contributed by atoms with Crippen molar-refractivity contribution < 1.29 is 0 Å². The van der Waals surface area contributed by atoms with Crippen LogP contribution in [0.15, 0.2) is 16.4 Å². The lowest BCUT2D eigenvalue weighted by Crippen LogP contribution is -2.40. The normalized spacial score (nSPS) is 18.3. The van der Waals surface area contributed by atoms with E-state index in [2.05, 4.69) is 47.4 Å². The molecule has 0 amide bonds. The number of guanidine groups is 1. The number of aliphatic imine (C=N–C) groups is 1. The Bertz CT molecular complexity index is 440. The molecule has 1 aromatic heterocycles. The van der Waals surface area contributed by atoms with Crippen LogP contribution in [0.2, 0.25) is 0 Å². The molecule has 19 heavy (non-hydrogen) atoms. The molecule has 0 saturated carbocycles. The fourth-order valence-electron chi connectivity index (χ4n) is 2.37. The number of nitrogens with one attached hydrogen (secondary N) is 1. The molecular weight excluding hydrogens is 369 g/mol. The van der Waals surface area contributed by atoms with E-state index in [-0.39, 0.29) is 24.0 Å². The topological polar surface area (TPSA) is 27.6 Å². The zero-order chi connectivity index (χ0) is 13.2. The maximum atomic E-state index is 4.40. The molecular formula is C14H24IN3S. The smallest absolute Gasteiger partial charge is 0.193 e. The third-order valence-corrected chi connectivity index (χ3v) is 4.59. The lowest BCUT2D eigenvalue weighted by molar-refractivity contribution is 0.370. The van der Waals surface area contributed by atoms with E-state index in [1.165, 1.54) is 16.9 Å². The van der Waals surface area contributed by atoms with E-state index in [4.69, 9.17) is 0 Å². The summed E-state index contributed by atoms with van der Waals surface area (Å²) in [5.41, 5.74) is 1.78. The van der Waals surface area contributed by atoms with Gasteiger partial charge >= 0.3 is 0 Å². The molecule has 0 radical (unpaired) electrons. The fourth-order valence-corrected chi connectivity index (χ4v) is 3.22. The maximum Gasteiger partial charge on any atom is 0.193 e. The van der Waals surface area contributed by atoms with Gasteiger partial charge in [0.15, 0.2) is 5.96 Å². The van der Waals surface area contributed by atoms with Crippen LogP contribution in [0.1, 0.15) is 30.7 Å². The SMILES string of the molecule is CN=C(NCc1sccc1C)N1CCC(C)(C)C1.I.